The first kappa shape index (κ1) is 21.5. The van der Waals surface area contributed by atoms with Gasteiger partial charge < -0.3 is 20.1 Å². The molecule has 2 amide bonds. The Morgan fingerprint density at radius 1 is 1.14 bits per heavy atom. The zero-order valence-corrected chi connectivity index (χ0v) is 16.6. The van der Waals surface area contributed by atoms with Crippen LogP contribution >= 0.6 is 11.6 Å². The number of hydrogen-bond donors (Lipinski definition) is 2. The molecule has 8 heteroatoms. The molecule has 0 spiro atoms. The molecule has 28 heavy (non-hydrogen) atoms. The van der Waals surface area contributed by atoms with Gasteiger partial charge in [-0.3, -0.25) is 9.59 Å². The summed E-state index contributed by atoms with van der Waals surface area (Å²) in [7, 11) is 1.44. The standard InChI is InChI=1S/C20H22ClFN2O4/c1-12(2)24-19(25)11-28-17-7-5-14(9-18(17)27-3)20(26)23-10-13-4-6-16(22)15(21)8-13/h4-9,12H,10-11H2,1-3H3,(H,23,26)(H,24,25). The number of methoxy groups -OCH3 is 1. The molecule has 2 aromatic carbocycles. The van der Waals surface area contributed by atoms with Crippen molar-refractivity contribution in [3.63, 3.8) is 0 Å². The van der Waals surface area contributed by atoms with Crippen LogP contribution in [0.5, 0.6) is 11.5 Å². The van der Waals surface area contributed by atoms with Crippen molar-refractivity contribution in [1.29, 1.82) is 0 Å². The number of nitrogens with one attached hydrogen (secondary N) is 2. The molecule has 0 unspecified atom stereocenters. The van der Waals surface area contributed by atoms with Crippen molar-refractivity contribution >= 4 is 23.4 Å². The minimum Gasteiger partial charge on any atom is -0.493 e. The molecule has 0 atom stereocenters. The third-order valence-corrected chi connectivity index (χ3v) is 3.96. The molecule has 150 valence electrons. The lowest BCUT2D eigenvalue weighted by Crippen LogP contribution is -2.34. The number of carbonyl (C=O) groups excluding carboxylic acids is 2. The predicted octanol–water partition coefficient (Wildman–Crippen LogP) is 3.32. The van der Waals surface area contributed by atoms with Gasteiger partial charge in [0.05, 0.1) is 12.1 Å². The zero-order valence-electron chi connectivity index (χ0n) is 15.8. The Balaban J connectivity index is 2.00. The topological polar surface area (TPSA) is 76.7 Å². The van der Waals surface area contributed by atoms with Crippen molar-refractivity contribution in [2.45, 2.75) is 26.4 Å². The highest BCUT2D eigenvalue weighted by Crippen LogP contribution is 2.28. The zero-order chi connectivity index (χ0) is 20.7. The molecule has 2 N–H and O–H groups in total. The van der Waals surface area contributed by atoms with Gasteiger partial charge in [-0.05, 0) is 49.7 Å². The quantitative estimate of drug-likeness (QED) is 0.702. The van der Waals surface area contributed by atoms with Crippen molar-refractivity contribution in [1.82, 2.24) is 10.6 Å². The van der Waals surface area contributed by atoms with E-state index in [4.69, 9.17) is 21.1 Å². The monoisotopic (exact) mass is 408 g/mol. The number of halogens is 2. The first-order valence-electron chi connectivity index (χ1n) is 8.62. The molecule has 2 rings (SSSR count). The summed E-state index contributed by atoms with van der Waals surface area (Å²) in [5, 5.41) is 5.44. The van der Waals surface area contributed by atoms with Crippen LogP contribution in [0.25, 0.3) is 0 Å². The number of carbonyl (C=O) groups is 2. The number of amides is 2. The van der Waals surface area contributed by atoms with E-state index in [1.54, 1.807) is 18.2 Å². The van der Waals surface area contributed by atoms with Crippen LogP contribution in [0.3, 0.4) is 0 Å². The predicted molar refractivity (Wildman–Crippen MR) is 104 cm³/mol. The Kier molecular flexibility index (Phi) is 7.63. The number of benzene rings is 2. The fraction of sp³-hybridized carbons (Fsp3) is 0.300. The Bertz CT molecular complexity index is 858. The second-order valence-electron chi connectivity index (χ2n) is 6.31. The van der Waals surface area contributed by atoms with Crippen LogP contribution in [0.2, 0.25) is 5.02 Å². The van der Waals surface area contributed by atoms with Gasteiger partial charge in [-0.15, -0.1) is 0 Å². The summed E-state index contributed by atoms with van der Waals surface area (Å²) >= 11 is 5.74. The normalized spacial score (nSPS) is 10.5. The highest BCUT2D eigenvalue weighted by Gasteiger charge is 2.13. The van der Waals surface area contributed by atoms with Crippen LogP contribution in [0.15, 0.2) is 36.4 Å². The Labute approximate surface area is 168 Å². The molecule has 2 aromatic rings. The van der Waals surface area contributed by atoms with Gasteiger partial charge in [-0.25, -0.2) is 4.39 Å². The SMILES string of the molecule is COc1cc(C(=O)NCc2ccc(F)c(Cl)c2)ccc1OCC(=O)NC(C)C. The smallest absolute Gasteiger partial charge is 0.258 e. The molecule has 0 aliphatic carbocycles. The third-order valence-electron chi connectivity index (χ3n) is 3.67. The van der Waals surface area contributed by atoms with Gasteiger partial charge in [0, 0.05) is 18.2 Å². The summed E-state index contributed by atoms with van der Waals surface area (Å²) in [6.45, 7) is 3.73. The van der Waals surface area contributed by atoms with Gasteiger partial charge in [0.2, 0.25) is 0 Å². The summed E-state index contributed by atoms with van der Waals surface area (Å²) in [5.74, 6) is -0.433. The first-order chi connectivity index (χ1) is 13.3. The van der Waals surface area contributed by atoms with Gasteiger partial charge in [-0.2, -0.15) is 0 Å². The summed E-state index contributed by atoms with van der Waals surface area (Å²) in [5.41, 5.74) is 1.02. The Morgan fingerprint density at radius 3 is 2.54 bits per heavy atom. The molecule has 0 saturated heterocycles. The molecule has 0 fully saturated rings. The fourth-order valence-electron chi connectivity index (χ4n) is 2.37. The maximum absolute atomic E-state index is 13.2. The summed E-state index contributed by atoms with van der Waals surface area (Å²) in [6, 6.07) is 8.89. The van der Waals surface area contributed by atoms with Crippen molar-refractivity contribution in [3.05, 3.63) is 58.4 Å². The fourth-order valence-corrected chi connectivity index (χ4v) is 2.57. The lowest BCUT2D eigenvalue weighted by molar-refractivity contribution is -0.123. The van der Waals surface area contributed by atoms with E-state index < -0.39 is 5.82 Å². The molecule has 6 nitrogen and oxygen atoms in total. The van der Waals surface area contributed by atoms with Crippen molar-refractivity contribution in [2.75, 3.05) is 13.7 Å². The molecule has 0 radical (unpaired) electrons. The molecule has 0 heterocycles. The number of hydrogen-bond acceptors (Lipinski definition) is 4. The van der Waals surface area contributed by atoms with Crippen molar-refractivity contribution < 1.29 is 23.5 Å². The first-order valence-corrected chi connectivity index (χ1v) is 9.00. The Hall–Kier alpha value is -2.80. The molecule has 0 saturated carbocycles. The van der Waals surface area contributed by atoms with Crippen LogP contribution in [0, 0.1) is 5.82 Å². The van der Waals surface area contributed by atoms with Crippen LogP contribution < -0.4 is 20.1 Å². The van der Waals surface area contributed by atoms with Gasteiger partial charge >= 0.3 is 0 Å². The summed E-state index contributed by atoms with van der Waals surface area (Å²) in [4.78, 5) is 24.1. The van der Waals surface area contributed by atoms with E-state index >= 15 is 0 Å². The van der Waals surface area contributed by atoms with E-state index in [2.05, 4.69) is 10.6 Å². The number of rotatable bonds is 8. The maximum Gasteiger partial charge on any atom is 0.258 e. The lowest BCUT2D eigenvalue weighted by Gasteiger charge is -2.13. The van der Waals surface area contributed by atoms with E-state index in [-0.39, 0.29) is 36.0 Å². The molecule has 0 aliphatic rings. The highest BCUT2D eigenvalue weighted by molar-refractivity contribution is 6.30. The molecular formula is C20H22ClFN2O4. The van der Waals surface area contributed by atoms with Crippen molar-refractivity contribution in [2.24, 2.45) is 0 Å². The van der Waals surface area contributed by atoms with Crippen LogP contribution in [0.4, 0.5) is 4.39 Å². The molecular weight excluding hydrogens is 387 g/mol. The largest absolute Gasteiger partial charge is 0.493 e. The van der Waals surface area contributed by atoms with Gasteiger partial charge in [0.25, 0.3) is 11.8 Å². The van der Waals surface area contributed by atoms with E-state index in [0.717, 1.165) is 0 Å². The lowest BCUT2D eigenvalue weighted by atomic mass is 10.1. The molecule has 0 bridgehead atoms. The van der Waals surface area contributed by atoms with Gasteiger partial charge in [-0.1, -0.05) is 17.7 Å². The maximum atomic E-state index is 13.2. The summed E-state index contributed by atoms with van der Waals surface area (Å²) < 4.78 is 23.9. The van der Waals surface area contributed by atoms with Gasteiger partial charge in [0.15, 0.2) is 18.1 Å². The molecule has 0 aliphatic heterocycles. The van der Waals surface area contributed by atoms with E-state index in [0.29, 0.717) is 22.6 Å². The van der Waals surface area contributed by atoms with E-state index in [1.807, 2.05) is 13.8 Å². The minimum atomic E-state index is -0.515. The van der Waals surface area contributed by atoms with Crippen LogP contribution in [-0.2, 0) is 11.3 Å². The highest BCUT2D eigenvalue weighted by atomic mass is 35.5. The number of ether oxygens (including phenoxy) is 2. The van der Waals surface area contributed by atoms with E-state index in [9.17, 15) is 14.0 Å². The van der Waals surface area contributed by atoms with Crippen molar-refractivity contribution in [3.8, 4) is 11.5 Å². The Morgan fingerprint density at radius 2 is 1.89 bits per heavy atom. The van der Waals surface area contributed by atoms with E-state index in [1.165, 1.54) is 25.3 Å². The minimum absolute atomic E-state index is 0.00331. The molecule has 0 aromatic heterocycles. The summed E-state index contributed by atoms with van der Waals surface area (Å²) in [6.07, 6.45) is 0. The van der Waals surface area contributed by atoms with Gasteiger partial charge in [0.1, 0.15) is 5.82 Å². The average molecular weight is 409 g/mol. The second-order valence-corrected chi connectivity index (χ2v) is 6.71. The second kappa shape index (κ2) is 9.94. The third kappa shape index (κ3) is 6.13. The average Bonchev–Trinajstić information content (AvgIpc) is 2.66. The van der Waals surface area contributed by atoms with Crippen LogP contribution in [-0.4, -0.2) is 31.6 Å². The van der Waals surface area contributed by atoms with Crippen LogP contribution in [0.1, 0.15) is 29.8 Å².